The Labute approximate surface area is 124 Å². The molecule has 2 nitrogen and oxygen atoms in total. The smallest absolute Gasteiger partial charge is 0.120 e. The van der Waals surface area contributed by atoms with Crippen molar-refractivity contribution in [2.45, 2.75) is 6.92 Å². The third-order valence-corrected chi connectivity index (χ3v) is 3.48. The Balaban J connectivity index is 2.14. The predicted octanol–water partition coefficient (Wildman–Crippen LogP) is 5.17. The van der Waals surface area contributed by atoms with Crippen molar-refractivity contribution >= 4 is 17.1 Å². The van der Waals surface area contributed by atoms with E-state index in [1.807, 2.05) is 55.5 Å². The molecule has 0 atom stereocenters. The van der Waals surface area contributed by atoms with Crippen LogP contribution in [0.3, 0.4) is 0 Å². The molecule has 0 saturated heterocycles. The maximum Gasteiger partial charge on any atom is 0.120 e. The molecule has 0 aliphatic rings. The second kappa shape index (κ2) is 5.71. The van der Waals surface area contributed by atoms with Crippen molar-refractivity contribution in [2.75, 3.05) is 4.90 Å². The van der Waals surface area contributed by atoms with Crippen molar-refractivity contribution in [1.82, 2.24) is 0 Å². The number of hydrogen-bond acceptors (Lipinski definition) is 2. The molecule has 0 bridgehead atoms. The first-order chi connectivity index (χ1) is 10.3. The van der Waals surface area contributed by atoms with E-state index in [1.165, 1.54) is 0 Å². The highest BCUT2D eigenvalue weighted by Gasteiger charge is 2.12. The Morgan fingerprint density at radius 3 is 1.67 bits per heavy atom. The van der Waals surface area contributed by atoms with E-state index in [2.05, 4.69) is 29.2 Å². The van der Waals surface area contributed by atoms with Crippen molar-refractivity contribution in [3.05, 3.63) is 84.4 Å². The van der Waals surface area contributed by atoms with E-state index in [4.69, 9.17) is 0 Å². The van der Waals surface area contributed by atoms with Crippen LogP contribution in [0.4, 0.5) is 17.1 Å². The first-order valence-electron chi connectivity index (χ1n) is 6.95. The van der Waals surface area contributed by atoms with Crippen LogP contribution in [0.25, 0.3) is 0 Å². The molecule has 0 aromatic heterocycles. The minimum Gasteiger partial charge on any atom is -0.508 e. The van der Waals surface area contributed by atoms with Crippen molar-refractivity contribution in [1.29, 1.82) is 0 Å². The number of phenols is 1. The number of para-hydroxylation sites is 2. The summed E-state index contributed by atoms with van der Waals surface area (Å²) < 4.78 is 0. The molecule has 0 heterocycles. The van der Waals surface area contributed by atoms with Crippen LogP contribution in [0, 0.1) is 6.92 Å². The summed E-state index contributed by atoms with van der Waals surface area (Å²) in [6.45, 7) is 1.90. The lowest BCUT2D eigenvalue weighted by Gasteiger charge is -2.25. The van der Waals surface area contributed by atoms with Crippen LogP contribution in [0.1, 0.15) is 5.56 Å². The van der Waals surface area contributed by atoms with Gasteiger partial charge in [-0.3, -0.25) is 0 Å². The summed E-state index contributed by atoms with van der Waals surface area (Å²) in [5.41, 5.74) is 3.94. The third-order valence-electron chi connectivity index (χ3n) is 3.48. The molecule has 3 aromatic rings. The van der Waals surface area contributed by atoms with Gasteiger partial charge in [-0.1, -0.05) is 42.5 Å². The van der Waals surface area contributed by atoms with Crippen LogP contribution < -0.4 is 4.90 Å². The molecule has 0 radical (unpaired) electrons. The highest BCUT2D eigenvalue weighted by molar-refractivity contribution is 5.77. The van der Waals surface area contributed by atoms with E-state index in [1.54, 1.807) is 6.07 Å². The molecular formula is C19H17NO. The summed E-state index contributed by atoms with van der Waals surface area (Å²) in [5.74, 6) is 0.310. The van der Waals surface area contributed by atoms with E-state index in [0.717, 1.165) is 22.6 Å². The number of hydrogen-bond donors (Lipinski definition) is 1. The lowest BCUT2D eigenvalue weighted by Crippen LogP contribution is -2.09. The van der Waals surface area contributed by atoms with Crippen molar-refractivity contribution in [2.24, 2.45) is 0 Å². The molecule has 0 spiro atoms. The van der Waals surface area contributed by atoms with Crippen molar-refractivity contribution in [3.63, 3.8) is 0 Å². The minimum atomic E-state index is 0.310. The standard InChI is InChI=1S/C19H17NO/c1-15-12-13-18(14-19(15)21)20(16-8-4-2-5-9-16)17-10-6-3-7-11-17/h2-14,21H,1H3. The zero-order valence-corrected chi connectivity index (χ0v) is 11.9. The van der Waals surface area contributed by atoms with Gasteiger partial charge in [-0.25, -0.2) is 0 Å². The predicted molar refractivity (Wildman–Crippen MR) is 87.5 cm³/mol. The van der Waals surface area contributed by atoms with Gasteiger partial charge >= 0.3 is 0 Å². The molecule has 0 aliphatic carbocycles. The number of aryl methyl sites for hydroxylation is 1. The second-order valence-electron chi connectivity index (χ2n) is 4.98. The molecule has 0 saturated carbocycles. The van der Waals surface area contributed by atoms with Gasteiger partial charge in [0.2, 0.25) is 0 Å². The number of benzene rings is 3. The van der Waals surface area contributed by atoms with Crippen LogP contribution >= 0.6 is 0 Å². The Hall–Kier alpha value is -2.74. The second-order valence-corrected chi connectivity index (χ2v) is 4.98. The Kier molecular flexibility index (Phi) is 3.61. The summed E-state index contributed by atoms with van der Waals surface area (Å²) in [7, 11) is 0. The van der Waals surface area contributed by atoms with Gasteiger partial charge in [0.05, 0.1) is 0 Å². The van der Waals surface area contributed by atoms with Crippen LogP contribution in [-0.4, -0.2) is 5.11 Å². The molecule has 1 N–H and O–H groups in total. The lowest BCUT2D eigenvalue weighted by atomic mass is 10.1. The summed E-state index contributed by atoms with van der Waals surface area (Å²) in [6.07, 6.45) is 0. The average Bonchev–Trinajstić information content (AvgIpc) is 2.53. The zero-order chi connectivity index (χ0) is 14.7. The van der Waals surface area contributed by atoms with E-state index >= 15 is 0 Å². The van der Waals surface area contributed by atoms with Gasteiger partial charge in [-0.2, -0.15) is 0 Å². The van der Waals surface area contributed by atoms with E-state index in [-0.39, 0.29) is 0 Å². The zero-order valence-electron chi connectivity index (χ0n) is 11.9. The number of phenolic OH excluding ortho intramolecular Hbond substituents is 1. The molecule has 0 aliphatic heterocycles. The molecule has 104 valence electrons. The third kappa shape index (κ3) is 2.75. The summed E-state index contributed by atoms with van der Waals surface area (Å²) in [4.78, 5) is 2.12. The molecule has 3 rings (SSSR count). The first kappa shape index (κ1) is 13.3. The minimum absolute atomic E-state index is 0.310. The van der Waals surface area contributed by atoms with Gasteiger partial charge in [0.15, 0.2) is 0 Å². The van der Waals surface area contributed by atoms with Gasteiger partial charge in [-0.05, 0) is 42.8 Å². The number of rotatable bonds is 3. The van der Waals surface area contributed by atoms with Crippen molar-refractivity contribution in [3.8, 4) is 5.75 Å². The molecule has 3 aromatic carbocycles. The Morgan fingerprint density at radius 2 is 1.19 bits per heavy atom. The largest absolute Gasteiger partial charge is 0.508 e. The molecule has 21 heavy (non-hydrogen) atoms. The number of nitrogens with zero attached hydrogens (tertiary/aromatic N) is 1. The fraction of sp³-hybridized carbons (Fsp3) is 0.0526. The van der Waals surface area contributed by atoms with Gasteiger partial charge < -0.3 is 10.0 Å². The lowest BCUT2D eigenvalue weighted by molar-refractivity contribution is 0.471. The van der Waals surface area contributed by atoms with Crippen LogP contribution in [0.5, 0.6) is 5.75 Å². The fourth-order valence-electron chi connectivity index (χ4n) is 2.34. The molecular weight excluding hydrogens is 258 g/mol. The van der Waals surface area contributed by atoms with Gasteiger partial charge in [0.1, 0.15) is 5.75 Å². The quantitative estimate of drug-likeness (QED) is 0.712. The fourth-order valence-corrected chi connectivity index (χ4v) is 2.34. The average molecular weight is 275 g/mol. The van der Waals surface area contributed by atoms with Gasteiger partial charge in [0, 0.05) is 23.1 Å². The topological polar surface area (TPSA) is 23.5 Å². The van der Waals surface area contributed by atoms with Gasteiger partial charge in [-0.15, -0.1) is 0 Å². The van der Waals surface area contributed by atoms with Crippen LogP contribution in [0.2, 0.25) is 0 Å². The maximum atomic E-state index is 10.0. The highest BCUT2D eigenvalue weighted by Crippen LogP contribution is 2.36. The monoisotopic (exact) mass is 275 g/mol. The van der Waals surface area contributed by atoms with Crippen LogP contribution in [-0.2, 0) is 0 Å². The number of aromatic hydroxyl groups is 1. The SMILES string of the molecule is Cc1ccc(N(c2ccccc2)c2ccccc2)cc1O. The number of anilines is 3. The van der Waals surface area contributed by atoms with E-state index in [9.17, 15) is 5.11 Å². The normalized spacial score (nSPS) is 10.3. The first-order valence-corrected chi connectivity index (χ1v) is 6.95. The van der Waals surface area contributed by atoms with Gasteiger partial charge in [0.25, 0.3) is 0 Å². The Bertz CT molecular complexity index is 684. The van der Waals surface area contributed by atoms with E-state index in [0.29, 0.717) is 5.75 Å². The Morgan fingerprint density at radius 1 is 0.667 bits per heavy atom. The molecule has 0 amide bonds. The molecule has 2 heteroatoms. The molecule has 0 unspecified atom stereocenters. The summed E-state index contributed by atoms with van der Waals surface area (Å²) in [6, 6.07) is 26.0. The maximum absolute atomic E-state index is 10.0. The molecule has 0 fully saturated rings. The van der Waals surface area contributed by atoms with Crippen LogP contribution in [0.15, 0.2) is 78.9 Å². The van der Waals surface area contributed by atoms with Crippen molar-refractivity contribution < 1.29 is 5.11 Å². The van der Waals surface area contributed by atoms with E-state index < -0.39 is 0 Å². The summed E-state index contributed by atoms with van der Waals surface area (Å²) in [5, 5.41) is 10.0. The highest BCUT2D eigenvalue weighted by atomic mass is 16.3. The summed E-state index contributed by atoms with van der Waals surface area (Å²) >= 11 is 0.